The molecule has 134 valence electrons. The van der Waals surface area contributed by atoms with Crippen LogP contribution in [-0.2, 0) is 0 Å². The zero-order valence-corrected chi connectivity index (χ0v) is 15.3. The lowest BCUT2D eigenvalue weighted by atomic mass is 10.2. The number of non-ortho nitro benzene ring substituents is 1. The first-order valence-electron chi connectivity index (χ1n) is 7.35. The van der Waals surface area contributed by atoms with Gasteiger partial charge in [-0.2, -0.15) is 0 Å². The van der Waals surface area contributed by atoms with Gasteiger partial charge in [0, 0.05) is 17.5 Å². The van der Waals surface area contributed by atoms with Crippen molar-refractivity contribution in [3.8, 4) is 11.5 Å². The predicted molar refractivity (Wildman–Crippen MR) is 101 cm³/mol. The normalized spacial score (nSPS) is 10.6. The van der Waals surface area contributed by atoms with Gasteiger partial charge in [-0.1, -0.05) is 23.7 Å². The second-order valence-corrected chi connectivity index (χ2v) is 6.58. The molecule has 0 aliphatic heterocycles. The average molecular weight is 393 g/mol. The number of nitrogens with zero attached hydrogens (tertiary/aromatic N) is 1. The van der Waals surface area contributed by atoms with Gasteiger partial charge in [0.1, 0.15) is 21.1 Å². The maximum atomic E-state index is 12.7. The number of rotatable bonds is 5. The Bertz CT molecular complexity index is 1020. The number of thiophene rings is 1. The summed E-state index contributed by atoms with van der Waals surface area (Å²) >= 11 is 7.27. The second kappa shape index (κ2) is 7.19. The molecule has 0 bridgehead atoms. The van der Waals surface area contributed by atoms with E-state index in [0.29, 0.717) is 27.3 Å². The number of hydrogen-bond donors (Lipinski definition) is 1. The molecule has 3 rings (SSSR count). The number of carbonyl (C=O) groups is 1. The van der Waals surface area contributed by atoms with Crippen molar-refractivity contribution in [1.82, 2.24) is 0 Å². The minimum atomic E-state index is -0.497. The molecule has 0 radical (unpaired) electrons. The number of anilines is 1. The summed E-state index contributed by atoms with van der Waals surface area (Å²) in [6.07, 6.45) is 0. The van der Waals surface area contributed by atoms with Gasteiger partial charge in [0.15, 0.2) is 0 Å². The number of benzene rings is 2. The highest BCUT2D eigenvalue weighted by Gasteiger charge is 2.23. The lowest BCUT2D eigenvalue weighted by Crippen LogP contribution is -2.11. The van der Waals surface area contributed by atoms with Crippen molar-refractivity contribution in [1.29, 1.82) is 0 Å². The largest absolute Gasteiger partial charge is 0.497 e. The maximum Gasteiger partial charge on any atom is 0.287 e. The fraction of sp³-hybridized carbons (Fsp3) is 0.118. The van der Waals surface area contributed by atoms with Crippen molar-refractivity contribution in [2.75, 3.05) is 19.5 Å². The Balaban J connectivity index is 2.00. The molecule has 1 heterocycles. The summed E-state index contributed by atoms with van der Waals surface area (Å²) in [5.41, 5.74) is 0.344. The van der Waals surface area contributed by atoms with E-state index in [9.17, 15) is 14.9 Å². The Morgan fingerprint density at radius 2 is 2.00 bits per heavy atom. The molecule has 1 N–H and O–H groups in total. The monoisotopic (exact) mass is 392 g/mol. The topological polar surface area (TPSA) is 90.7 Å². The van der Waals surface area contributed by atoms with Crippen molar-refractivity contribution in [2.45, 2.75) is 0 Å². The number of amides is 1. The molecule has 2 aromatic carbocycles. The number of ether oxygens (including phenoxy) is 2. The summed E-state index contributed by atoms with van der Waals surface area (Å²) in [5.74, 6) is 0.519. The van der Waals surface area contributed by atoms with E-state index in [1.807, 2.05) is 0 Å². The molecule has 0 fully saturated rings. The van der Waals surface area contributed by atoms with Crippen LogP contribution in [0.3, 0.4) is 0 Å². The van der Waals surface area contributed by atoms with Crippen molar-refractivity contribution < 1.29 is 19.2 Å². The summed E-state index contributed by atoms with van der Waals surface area (Å²) in [6.45, 7) is 0. The molecule has 7 nitrogen and oxygen atoms in total. The minimum Gasteiger partial charge on any atom is -0.497 e. The number of halogens is 1. The molecule has 0 aliphatic carbocycles. The van der Waals surface area contributed by atoms with Gasteiger partial charge in [-0.3, -0.25) is 14.9 Å². The van der Waals surface area contributed by atoms with Gasteiger partial charge in [-0.15, -0.1) is 11.3 Å². The average Bonchev–Trinajstić information content (AvgIpc) is 2.99. The van der Waals surface area contributed by atoms with Crippen LogP contribution in [0, 0.1) is 10.1 Å². The summed E-state index contributed by atoms with van der Waals surface area (Å²) in [7, 11) is 3.00. The van der Waals surface area contributed by atoms with Gasteiger partial charge < -0.3 is 14.8 Å². The van der Waals surface area contributed by atoms with Crippen LogP contribution >= 0.6 is 22.9 Å². The van der Waals surface area contributed by atoms with Crippen LogP contribution < -0.4 is 14.8 Å². The van der Waals surface area contributed by atoms with Crippen LogP contribution in [0.4, 0.5) is 11.4 Å². The number of methoxy groups -OCH3 is 2. The summed E-state index contributed by atoms with van der Waals surface area (Å²) in [5, 5.41) is 14.5. The van der Waals surface area contributed by atoms with Gasteiger partial charge in [0.25, 0.3) is 11.6 Å². The van der Waals surface area contributed by atoms with E-state index < -0.39 is 10.8 Å². The quantitative estimate of drug-likeness (QED) is 0.500. The minimum absolute atomic E-state index is 0.0875. The zero-order chi connectivity index (χ0) is 18.8. The smallest absolute Gasteiger partial charge is 0.287 e. The van der Waals surface area contributed by atoms with Gasteiger partial charge in [-0.05, 0) is 12.1 Å². The van der Waals surface area contributed by atoms with E-state index >= 15 is 0 Å². The zero-order valence-electron chi connectivity index (χ0n) is 13.7. The second-order valence-electron chi connectivity index (χ2n) is 5.18. The first-order valence-corrected chi connectivity index (χ1v) is 8.54. The molecule has 1 aromatic heterocycles. The van der Waals surface area contributed by atoms with Crippen molar-refractivity contribution in [2.24, 2.45) is 0 Å². The van der Waals surface area contributed by atoms with E-state index in [1.54, 1.807) is 24.3 Å². The SMILES string of the molecule is COc1ccc(NC(=O)c2sc3c([N+](=O)[O-])cccc3c2Cl)c(OC)c1. The van der Waals surface area contributed by atoms with Crippen LogP contribution in [0.25, 0.3) is 10.1 Å². The van der Waals surface area contributed by atoms with Crippen LogP contribution in [0.1, 0.15) is 9.67 Å². The number of nitro benzene ring substituents is 1. The standard InChI is InChI=1S/C17H13ClN2O5S/c1-24-9-6-7-11(13(8-9)25-2)19-17(21)16-14(18)10-4-3-5-12(20(22)23)15(10)26-16/h3-8H,1-2H3,(H,19,21). The Morgan fingerprint density at radius 1 is 1.23 bits per heavy atom. The number of nitrogens with one attached hydrogen (secondary N) is 1. The lowest BCUT2D eigenvalue weighted by molar-refractivity contribution is -0.382. The molecule has 26 heavy (non-hydrogen) atoms. The number of carbonyl (C=O) groups excluding carboxylic acids is 1. The van der Waals surface area contributed by atoms with Gasteiger partial charge in [0.05, 0.1) is 29.9 Å². The van der Waals surface area contributed by atoms with Gasteiger partial charge in [-0.25, -0.2) is 0 Å². The Morgan fingerprint density at radius 3 is 2.65 bits per heavy atom. The molecular weight excluding hydrogens is 380 g/mol. The van der Waals surface area contributed by atoms with E-state index in [2.05, 4.69) is 5.32 Å². The molecule has 3 aromatic rings. The predicted octanol–water partition coefficient (Wildman–Crippen LogP) is 4.73. The van der Waals surface area contributed by atoms with E-state index in [-0.39, 0.29) is 15.6 Å². The fourth-order valence-corrected chi connectivity index (χ4v) is 3.93. The number of nitro groups is 1. The molecule has 0 spiro atoms. The van der Waals surface area contributed by atoms with Crippen molar-refractivity contribution in [3.05, 3.63) is 56.4 Å². The summed E-state index contributed by atoms with van der Waals surface area (Å²) < 4.78 is 10.7. The lowest BCUT2D eigenvalue weighted by Gasteiger charge is -2.11. The molecule has 0 saturated carbocycles. The van der Waals surface area contributed by atoms with Crippen molar-refractivity contribution >= 4 is 50.3 Å². The van der Waals surface area contributed by atoms with Gasteiger partial charge >= 0.3 is 0 Å². The van der Waals surface area contributed by atoms with Crippen LogP contribution in [-0.4, -0.2) is 25.1 Å². The third-order valence-electron chi connectivity index (χ3n) is 3.69. The highest BCUT2D eigenvalue weighted by molar-refractivity contribution is 7.22. The Kier molecular flexibility index (Phi) is 4.97. The molecule has 0 saturated heterocycles. The molecular formula is C17H13ClN2O5S. The number of hydrogen-bond acceptors (Lipinski definition) is 6. The highest BCUT2D eigenvalue weighted by atomic mass is 35.5. The molecule has 1 amide bonds. The van der Waals surface area contributed by atoms with Crippen LogP contribution in [0.2, 0.25) is 5.02 Å². The third kappa shape index (κ3) is 3.16. The summed E-state index contributed by atoms with van der Waals surface area (Å²) in [4.78, 5) is 23.5. The van der Waals surface area contributed by atoms with Crippen LogP contribution in [0.5, 0.6) is 11.5 Å². The molecule has 0 atom stereocenters. The van der Waals surface area contributed by atoms with Crippen molar-refractivity contribution in [3.63, 3.8) is 0 Å². The fourth-order valence-electron chi connectivity index (χ4n) is 2.44. The highest BCUT2D eigenvalue weighted by Crippen LogP contribution is 2.40. The van der Waals surface area contributed by atoms with E-state index in [4.69, 9.17) is 21.1 Å². The first kappa shape index (κ1) is 18.0. The molecule has 0 aliphatic rings. The summed E-state index contributed by atoms with van der Waals surface area (Å²) in [6, 6.07) is 9.50. The molecule has 0 unspecified atom stereocenters. The van der Waals surface area contributed by atoms with Gasteiger partial charge in [0.2, 0.25) is 0 Å². The number of fused-ring (bicyclic) bond motifs is 1. The molecule has 9 heteroatoms. The Hall–Kier alpha value is -2.84. The maximum absolute atomic E-state index is 12.7. The van der Waals surface area contributed by atoms with E-state index in [1.165, 1.54) is 26.4 Å². The van der Waals surface area contributed by atoms with Crippen LogP contribution in [0.15, 0.2) is 36.4 Å². The Labute approximate surface area is 157 Å². The third-order valence-corrected chi connectivity index (χ3v) is 5.43. The first-order chi connectivity index (χ1) is 12.5. The van der Waals surface area contributed by atoms with E-state index in [0.717, 1.165) is 11.3 Å².